The molecule has 316 valence electrons. The smallest absolute Gasteiger partial charge is 0.312 e. The van der Waals surface area contributed by atoms with Crippen molar-refractivity contribution in [3.8, 4) is 23.0 Å². The third-order valence-corrected chi connectivity index (χ3v) is 11.5. The van der Waals surface area contributed by atoms with Crippen LogP contribution in [0.3, 0.4) is 0 Å². The highest BCUT2D eigenvalue weighted by molar-refractivity contribution is 6.23. The second-order valence-corrected chi connectivity index (χ2v) is 15.6. The average molecular weight is 809 g/mol. The van der Waals surface area contributed by atoms with E-state index in [0.717, 1.165) is 0 Å². The number of esters is 1. The lowest BCUT2D eigenvalue weighted by Gasteiger charge is -2.38. The third kappa shape index (κ3) is 8.51. The van der Waals surface area contributed by atoms with E-state index in [0.29, 0.717) is 26.2 Å². The Kier molecular flexibility index (Phi) is 13.5. The summed E-state index contributed by atoms with van der Waals surface area (Å²) in [4.78, 5) is 40.4. The van der Waals surface area contributed by atoms with E-state index in [1.165, 1.54) is 59.4 Å². The fourth-order valence-corrected chi connectivity index (χ4v) is 7.78. The van der Waals surface area contributed by atoms with E-state index in [1.54, 1.807) is 44.9 Å². The number of amides is 1. The minimum atomic E-state index is -2.04. The number of anilines is 1. The molecule has 9 atom stereocenters. The van der Waals surface area contributed by atoms with E-state index in [1.807, 2.05) is 0 Å². The predicted octanol–water partition coefficient (Wildman–Crippen LogP) is 3.99. The van der Waals surface area contributed by atoms with Crippen LogP contribution in [0.4, 0.5) is 5.69 Å². The van der Waals surface area contributed by atoms with E-state index >= 15 is 0 Å². The van der Waals surface area contributed by atoms with Gasteiger partial charge in [0.05, 0.1) is 53.0 Å². The molecule has 16 heteroatoms. The Morgan fingerprint density at radius 3 is 2.28 bits per heavy atom. The van der Waals surface area contributed by atoms with Crippen molar-refractivity contribution in [1.29, 1.82) is 0 Å². The average Bonchev–Trinajstić information content (AvgIpc) is 3.46. The molecule has 5 bridgehead atoms. The number of phenols is 3. The molecular formula is C42H56N4O12. The number of Topliss-reactive ketones (excluding diaryl/α,β-unsaturated/α-hetero) is 1. The summed E-state index contributed by atoms with van der Waals surface area (Å²) in [7, 11) is 1.44. The lowest BCUT2D eigenvalue weighted by molar-refractivity contribution is -0.160. The Bertz CT molecular complexity index is 2040. The SMILES string of the molecule is COC1C=CO[C@@]2(C)Oc3c(C)c(O)c4c(O)c(c(C=NN5CCNCC5)c(O)c4c3C2=O)NC(=O)C(C)=CC=CC(C)C(O)C(C)C(O)C(C)C(OC(C)=O)C1C. The van der Waals surface area contributed by atoms with Gasteiger partial charge >= 0.3 is 11.8 Å². The number of fused-ring (bicyclic) bond motifs is 14. The molecule has 0 spiro atoms. The highest BCUT2D eigenvalue weighted by Gasteiger charge is 2.50. The van der Waals surface area contributed by atoms with Crippen LogP contribution in [-0.4, -0.2) is 118 Å². The Labute approximate surface area is 337 Å². The Balaban J connectivity index is 1.71. The summed E-state index contributed by atoms with van der Waals surface area (Å²) in [5.41, 5.74) is -0.364. The van der Waals surface area contributed by atoms with E-state index in [9.17, 15) is 39.9 Å². The molecule has 4 heterocycles. The van der Waals surface area contributed by atoms with Crippen LogP contribution in [0.1, 0.15) is 70.0 Å². The first-order valence-corrected chi connectivity index (χ1v) is 19.4. The molecule has 0 aromatic heterocycles. The standard InChI is InChI=1S/C42H56N4O12/c1-20-11-10-12-21(2)41(54)45-32-27(19-44-46-16-14-43-15-17-46)36(51)29-30(37(32)52)35(50)25(6)39-31(29)40(53)42(8,58-39)56-18-13-28(55-9)22(3)38(57-26(7)47)24(5)34(49)23(4)33(20)48/h10-13,18-20,22-24,28,33-34,38,43,48-52H,14-17H2,1-9H3,(H,45,54)/t20?,22?,23?,24?,28?,33?,34?,38?,42-/m0/s1. The zero-order chi connectivity index (χ0) is 42.8. The molecule has 1 saturated heterocycles. The minimum Gasteiger partial charge on any atom is -0.507 e. The van der Waals surface area contributed by atoms with Crippen molar-refractivity contribution in [2.75, 3.05) is 38.6 Å². The van der Waals surface area contributed by atoms with Gasteiger partial charge < -0.3 is 55.1 Å². The van der Waals surface area contributed by atoms with E-state index < -0.39 is 88.8 Å². The van der Waals surface area contributed by atoms with E-state index in [-0.39, 0.29) is 44.5 Å². The van der Waals surface area contributed by atoms with E-state index in [4.69, 9.17) is 18.9 Å². The van der Waals surface area contributed by atoms with Gasteiger partial charge in [-0.05, 0) is 19.9 Å². The molecule has 58 heavy (non-hydrogen) atoms. The lowest BCUT2D eigenvalue weighted by atomic mass is 9.78. The molecule has 16 nitrogen and oxygen atoms in total. The van der Waals surface area contributed by atoms with Crippen LogP contribution in [-0.2, 0) is 23.8 Å². The molecule has 4 aliphatic rings. The topological polar surface area (TPSA) is 229 Å². The van der Waals surface area contributed by atoms with Crippen LogP contribution in [0, 0.1) is 30.6 Å². The van der Waals surface area contributed by atoms with Crippen molar-refractivity contribution in [2.45, 2.75) is 85.6 Å². The zero-order valence-electron chi connectivity index (χ0n) is 34.4. The highest BCUT2D eigenvalue weighted by atomic mass is 16.7. The van der Waals surface area contributed by atoms with Gasteiger partial charge in [-0.2, -0.15) is 5.10 Å². The Morgan fingerprint density at radius 2 is 1.64 bits per heavy atom. The largest absolute Gasteiger partial charge is 0.507 e. The fourth-order valence-electron chi connectivity index (χ4n) is 7.78. The first-order valence-electron chi connectivity index (χ1n) is 19.4. The van der Waals surface area contributed by atoms with Crippen molar-refractivity contribution in [2.24, 2.45) is 28.8 Å². The van der Waals surface area contributed by atoms with Crippen LogP contribution < -0.4 is 15.4 Å². The summed E-state index contributed by atoms with van der Waals surface area (Å²) >= 11 is 0. The predicted molar refractivity (Wildman–Crippen MR) is 216 cm³/mol. The minimum absolute atomic E-state index is 0.0544. The first-order chi connectivity index (χ1) is 27.3. The summed E-state index contributed by atoms with van der Waals surface area (Å²) in [6.07, 6.45) is 4.83. The van der Waals surface area contributed by atoms with Crippen molar-refractivity contribution >= 4 is 40.3 Å². The number of nitrogens with zero attached hydrogens (tertiary/aromatic N) is 2. The van der Waals surface area contributed by atoms with Gasteiger partial charge in [0.1, 0.15) is 23.4 Å². The maximum Gasteiger partial charge on any atom is 0.312 e. The van der Waals surface area contributed by atoms with Gasteiger partial charge in [-0.3, -0.25) is 19.4 Å². The third-order valence-electron chi connectivity index (χ3n) is 11.5. The second-order valence-electron chi connectivity index (χ2n) is 15.6. The number of aliphatic hydroxyl groups is 2. The number of ether oxygens (including phenoxy) is 4. The molecule has 7 N–H and O–H groups in total. The number of hydrazone groups is 1. The van der Waals surface area contributed by atoms with Crippen LogP contribution in [0.5, 0.6) is 23.0 Å². The van der Waals surface area contributed by atoms with Crippen LogP contribution in [0.2, 0.25) is 0 Å². The molecule has 1 amide bonds. The summed E-state index contributed by atoms with van der Waals surface area (Å²) in [5, 5.41) is 69.8. The highest BCUT2D eigenvalue weighted by Crippen LogP contribution is 2.55. The molecule has 2 aromatic rings. The van der Waals surface area contributed by atoms with Gasteiger partial charge in [0.25, 0.3) is 11.7 Å². The number of aromatic hydroxyl groups is 3. The summed E-state index contributed by atoms with van der Waals surface area (Å²) in [6, 6.07) is 0. The molecule has 6 rings (SSSR count). The van der Waals surface area contributed by atoms with Crippen LogP contribution >= 0.6 is 0 Å². The molecule has 8 unspecified atom stereocenters. The second kappa shape index (κ2) is 17.8. The number of aliphatic hydroxyl groups excluding tert-OH is 2. The lowest BCUT2D eigenvalue weighted by Crippen LogP contribution is -2.46. The molecular weight excluding hydrogens is 752 g/mol. The van der Waals surface area contributed by atoms with Gasteiger partial charge in [0.15, 0.2) is 5.75 Å². The van der Waals surface area contributed by atoms with Crippen molar-refractivity contribution in [1.82, 2.24) is 10.3 Å². The molecule has 0 aliphatic carbocycles. The zero-order valence-corrected chi connectivity index (χ0v) is 34.4. The number of benzene rings is 2. The van der Waals surface area contributed by atoms with Gasteiger partial charge in [-0.1, -0.05) is 45.9 Å². The number of carbonyl (C=O) groups is 3. The molecule has 1 fully saturated rings. The van der Waals surface area contributed by atoms with Gasteiger partial charge in [0, 0.05) is 87.3 Å². The number of allylic oxidation sites excluding steroid dienone is 2. The number of hydrogen-bond donors (Lipinski definition) is 7. The Morgan fingerprint density at radius 1 is 0.966 bits per heavy atom. The molecule has 0 radical (unpaired) electrons. The number of hydrogen-bond acceptors (Lipinski definition) is 15. The number of phenolic OH excluding ortho intramolecular Hbond substituents is 3. The normalized spacial score (nSPS) is 30.1. The fraction of sp³-hybridized carbons (Fsp3) is 0.524. The van der Waals surface area contributed by atoms with Gasteiger partial charge in [-0.15, -0.1) is 0 Å². The van der Waals surface area contributed by atoms with E-state index in [2.05, 4.69) is 15.7 Å². The molecule has 2 aromatic carbocycles. The van der Waals surface area contributed by atoms with Crippen molar-refractivity contribution < 1.29 is 58.9 Å². The summed E-state index contributed by atoms with van der Waals surface area (Å²) in [6.45, 7) is 14.9. The maximum atomic E-state index is 14.4. The summed E-state index contributed by atoms with van der Waals surface area (Å²) < 4.78 is 23.6. The Hall–Kier alpha value is -5.16. The van der Waals surface area contributed by atoms with Gasteiger partial charge in [0.2, 0.25) is 0 Å². The number of piperazine rings is 1. The first kappa shape index (κ1) is 44.0. The number of methoxy groups -OCH3 is 1. The monoisotopic (exact) mass is 808 g/mol. The molecule has 4 aliphatic heterocycles. The quantitative estimate of drug-likeness (QED) is 0.100. The maximum absolute atomic E-state index is 14.4. The number of nitrogens with one attached hydrogen (secondary N) is 2. The van der Waals surface area contributed by atoms with Crippen LogP contribution in [0.15, 0.2) is 41.2 Å². The molecule has 0 saturated carbocycles. The van der Waals surface area contributed by atoms with Crippen molar-refractivity contribution in [3.63, 3.8) is 0 Å². The van der Waals surface area contributed by atoms with Crippen molar-refractivity contribution in [3.05, 3.63) is 52.8 Å². The van der Waals surface area contributed by atoms with Crippen LogP contribution in [0.25, 0.3) is 10.8 Å². The number of rotatable bonds is 4. The van der Waals surface area contributed by atoms with Gasteiger partial charge in [-0.25, -0.2) is 0 Å². The number of ketones is 1. The summed E-state index contributed by atoms with van der Waals surface area (Å²) in [5.74, 6) is -8.36. The number of carbonyl (C=O) groups excluding carboxylic acids is 3.